The van der Waals surface area contributed by atoms with Crippen LogP contribution in [0.2, 0.25) is 10.0 Å². The molecule has 0 unspecified atom stereocenters. The number of anilines is 2. The maximum Gasteiger partial charge on any atom is 0.317 e. The highest BCUT2D eigenvalue weighted by Crippen LogP contribution is 2.26. The average Bonchev–Trinajstić information content (AvgIpc) is 3.01. The first-order valence-corrected chi connectivity index (χ1v) is 11.5. The Hall–Kier alpha value is -2.64. The van der Waals surface area contributed by atoms with Crippen LogP contribution in [-0.4, -0.2) is 56.1 Å². The smallest absolute Gasteiger partial charge is 0.317 e. The number of nitrogens with one attached hydrogen (secondary N) is 2. The minimum atomic E-state index is -0.188. The lowest BCUT2D eigenvalue weighted by molar-refractivity contribution is 0.0954. The number of halogens is 2. The number of benzene rings is 2. The minimum absolute atomic E-state index is 0.0331. The molecule has 0 bridgehead atoms. The molecular formula is C23H29Cl2N5O2. The zero-order valence-corrected chi connectivity index (χ0v) is 19.7. The molecule has 32 heavy (non-hydrogen) atoms. The molecule has 0 saturated carbocycles. The maximum atomic E-state index is 12.6. The molecule has 1 heterocycles. The molecule has 1 fully saturated rings. The molecule has 0 spiro atoms. The molecule has 3 rings (SSSR count). The van der Waals surface area contributed by atoms with Crippen LogP contribution in [-0.2, 0) is 6.42 Å². The fourth-order valence-electron chi connectivity index (χ4n) is 3.75. The summed E-state index contributed by atoms with van der Waals surface area (Å²) in [7, 11) is 0. The van der Waals surface area contributed by atoms with Crippen molar-refractivity contribution in [3.8, 4) is 0 Å². The highest BCUT2D eigenvalue weighted by atomic mass is 35.5. The van der Waals surface area contributed by atoms with E-state index in [1.165, 1.54) is 0 Å². The summed E-state index contributed by atoms with van der Waals surface area (Å²) in [5, 5.41) is 6.92. The summed E-state index contributed by atoms with van der Waals surface area (Å²) >= 11 is 12.1. The third-order valence-corrected chi connectivity index (χ3v) is 6.02. The highest BCUT2D eigenvalue weighted by Gasteiger charge is 2.20. The molecule has 1 saturated heterocycles. The van der Waals surface area contributed by atoms with E-state index in [9.17, 15) is 9.59 Å². The SMILES string of the molecule is CCNC(=O)N1CCCN(c2ccc(C(=O)NCCc3ccc(Cl)cc3Cl)cc2N)CC1. The van der Waals surface area contributed by atoms with Gasteiger partial charge in [-0.2, -0.15) is 0 Å². The third kappa shape index (κ3) is 6.20. The fourth-order valence-corrected chi connectivity index (χ4v) is 4.25. The van der Waals surface area contributed by atoms with Gasteiger partial charge in [0.05, 0.1) is 11.4 Å². The van der Waals surface area contributed by atoms with Gasteiger partial charge in [0, 0.05) is 54.9 Å². The van der Waals surface area contributed by atoms with Gasteiger partial charge in [-0.25, -0.2) is 4.79 Å². The number of nitrogens with two attached hydrogens (primary N) is 1. The summed E-state index contributed by atoms with van der Waals surface area (Å²) < 4.78 is 0. The van der Waals surface area contributed by atoms with Crippen LogP contribution in [0.5, 0.6) is 0 Å². The number of urea groups is 1. The summed E-state index contributed by atoms with van der Waals surface area (Å²) in [4.78, 5) is 28.7. The molecule has 1 aliphatic heterocycles. The molecule has 2 aromatic carbocycles. The van der Waals surface area contributed by atoms with E-state index in [1.54, 1.807) is 24.3 Å². The molecule has 172 valence electrons. The second-order valence-corrected chi connectivity index (χ2v) is 8.52. The number of hydrogen-bond donors (Lipinski definition) is 3. The second kappa shape index (κ2) is 11.3. The van der Waals surface area contributed by atoms with Crippen LogP contribution in [0.3, 0.4) is 0 Å². The predicted molar refractivity (Wildman–Crippen MR) is 131 cm³/mol. The van der Waals surface area contributed by atoms with Crippen molar-refractivity contribution in [2.75, 3.05) is 49.9 Å². The van der Waals surface area contributed by atoms with E-state index in [0.717, 1.165) is 24.2 Å². The van der Waals surface area contributed by atoms with Crippen molar-refractivity contribution < 1.29 is 9.59 Å². The van der Waals surface area contributed by atoms with Crippen LogP contribution in [0.15, 0.2) is 36.4 Å². The van der Waals surface area contributed by atoms with Crippen molar-refractivity contribution in [2.45, 2.75) is 19.8 Å². The number of hydrogen-bond acceptors (Lipinski definition) is 4. The molecule has 2 aromatic rings. The fraction of sp³-hybridized carbons (Fsp3) is 0.391. The van der Waals surface area contributed by atoms with Gasteiger partial charge in [-0.3, -0.25) is 4.79 Å². The van der Waals surface area contributed by atoms with E-state index in [1.807, 2.05) is 24.0 Å². The average molecular weight is 478 g/mol. The van der Waals surface area contributed by atoms with E-state index < -0.39 is 0 Å². The van der Waals surface area contributed by atoms with Gasteiger partial charge in [-0.15, -0.1) is 0 Å². The van der Waals surface area contributed by atoms with Gasteiger partial charge >= 0.3 is 6.03 Å². The number of carbonyl (C=O) groups excluding carboxylic acids is 2. The molecule has 9 heteroatoms. The molecular weight excluding hydrogens is 449 g/mol. The summed E-state index contributed by atoms with van der Waals surface area (Å²) in [6, 6.07) is 10.7. The first kappa shape index (κ1) is 24.0. The Morgan fingerprint density at radius 2 is 1.84 bits per heavy atom. The molecule has 4 N–H and O–H groups in total. The van der Waals surface area contributed by atoms with Crippen LogP contribution in [0.4, 0.5) is 16.2 Å². The Kier molecular flexibility index (Phi) is 8.47. The molecule has 0 atom stereocenters. The van der Waals surface area contributed by atoms with Crippen LogP contribution in [0.25, 0.3) is 0 Å². The molecule has 0 aliphatic carbocycles. The number of nitrogens with zero attached hydrogens (tertiary/aromatic N) is 2. The monoisotopic (exact) mass is 477 g/mol. The van der Waals surface area contributed by atoms with Crippen LogP contribution in [0.1, 0.15) is 29.3 Å². The first-order valence-electron chi connectivity index (χ1n) is 10.8. The zero-order valence-electron chi connectivity index (χ0n) is 18.2. The molecule has 7 nitrogen and oxygen atoms in total. The van der Waals surface area contributed by atoms with Gasteiger partial charge in [0.25, 0.3) is 5.91 Å². The van der Waals surface area contributed by atoms with Gasteiger partial charge in [0.2, 0.25) is 0 Å². The van der Waals surface area contributed by atoms with E-state index in [-0.39, 0.29) is 11.9 Å². The standard InChI is InChI=1S/C23H29Cl2N5O2/c1-2-27-23(32)30-11-3-10-29(12-13-30)21-7-5-17(14-20(21)26)22(31)28-9-8-16-4-6-18(24)15-19(16)25/h4-7,14-15H,2-3,8-13,26H2,1H3,(H,27,32)(H,28,31). The Balaban J connectivity index is 1.57. The van der Waals surface area contributed by atoms with Crippen LogP contribution < -0.4 is 21.3 Å². The Morgan fingerprint density at radius 3 is 2.56 bits per heavy atom. The van der Waals surface area contributed by atoms with Gasteiger partial charge in [-0.1, -0.05) is 29.3 Å². The largest absolute Gasteiger partial charge is 0.397 e. The first-order chi connectivity index (χ1) is 15.4. The summed E-state index contributed by atoms with van der Waals surface area (Å²) in [5.41, 5.74) is 9.15. The highest BCUT2D eigenvalue weighted by molar-refractivity contribution is 6.35. The number of amides is 3. The minimum Gasteiger partial charge on any atom is -0.397 e. The predicted octanol–water partition coefficient (Wildman–Crippen LogP) is 3.79. The Bertz CT molecular complexity index is 969. The van der Waals surface area contributed by atoms with E-state index in [4.69, 9.17) is 28.9 Å². The maximum absolute atomic E-state index is 12.6. The van der Waals surface area contributed by atoms with Gasteiger partial charge < -0.3 is 26.2 Å². The van der Waals surface area contributed by atoms with Gasteiger partial charge in [-0.05, 0) is 55.7 Å². The van der Waals surface area contributed by atoms with Gasteiger partial charge in [0.1, 0.15) is 0 Å². The van der Waals surface area contributed by atoms with Crippen molar-refractivity contribution in [1.29, 1.82) is 0 Å². The van der Waals surface area contributed by atoms with Gasteiger partial charge in [0.15, 0.2) is 0 Å². The van der Waals surface area contributed by atoms with Crippen LogP contribution >= 0.6 is 23.2 Å². The lowest BCUT2D eigenvalue weighted by Crippen LogP contribution is -2.42. The summed E-state index contributed by atoms with van der Waals surface area (Å²) in [6.07, 6.45) is 1.46. The van der Waals surface area contributed by atoms with Crippen molar-refractivity contribution in [3.05, 3.63) is 57.6 Å². The van der Waals surface area contributed by atoms with Crippen molar-refractivity contribution in [2.24, 2.45) is 0 Å². The Morgan fingerprint density at radius 1 is 1.03 bits per heavy atom. The lowest BCUT2D eigenvalue weighted by Gasteiger charge is -2.25. The summed E-state index contributed by atoms with van der Waals surface area (Å²) in [6.45, 7) is 5.79. The zero-order chi connectivity index (χ0) is 23.1. The molecule has 3 amide bonds. The lowest BCUT2D eigenvalue weighted by atomic mass is 10.1. The topological polar surface area (TPSA) is 90.7 Å². The second-order valence-electron chi connectivity index (χ2n) is 7.68. The molecule has 0 radical (unpaired) electrons. The van der Waals surface area contributed by atoms with Crippen LogP contribution in [0, 0.1) is 0 Å². The van der Waals surface area contributed by atoms with Crippen molar-refractivity contribution >= 4 is 46.5 Å². The van der Waals surface area contributed by atoms with E-state index >= 15 is 0 Å². The number of carbonyl (C=O) groups is 2. The van der Waals surface area contributed by atoms with E-state index in [0.29, 0.717) is 60.4 Å². The third-order valence-electron chi connectivity index (χ3n) is 5.44. The normalized spacial score (nSPS) is 14.1. The number of nitrogen functional groups attached to an aromatic ring is 1. The van der Waals surface area contributed by atoms with Crippen molar-refractivity contribution in [1.82, 2.24) is 15.5 Å². The Labute approximate surface area is 198 Å². The molecule has 0 aromatic heterocycles. The molecule has 1 aliphatic rings. The van der Waals surface area contributed by atoms with Crippen molar-refractivity contribution in [3.63, 3.8) is 0 Å². The number of rotatable bonds is 6. The van der Waals surface area contributed by atoms with E-state index in [2.05, 4.69) is 15.5 Å². The quantitative estimate of drug-likeness (QED) is 0.551. The summed E-state index contributed by atoms with van der Waals surface area (Å²) in [5.74, 6) is -0.188.